The largest absolute Gasteiger partial charge is 0.316 e. The summed E-state index contributed by atoms with van der Waals surface area (Å²) in [5, 5.41) is 3.58. The maximum atomic E-state index is 13.5. The van der Waals surface area contributed by atoms with E-state index < -0.39 is 0 Å². The SMILES string of the molecule is CC(C)CNCC(c1cccc(F)c1)C1CCCCC1. The Hall–Kier alpha value is -0.890. The van der Waals surface area contributed by atoms with Crippen LogP contribution in [0.3, 0.4) is 0 Å². The number of benzene rings is 1. The molecule has 1 fully saturated rings. The zero-order valence-corrected chi connectivity index (χ0v) is 12.9. The Morgan fingerprint density at radius 3 is 2.55 bits per heavy atom. The maximum absolute atomic E-state index is 13.5. The highest BCUT2D eigenvalue weighted by atomic mass is 19.1. The van der Waals surface area contributed by atoms with E-state index in [0.29, 0.717) is 17.8 Å². The molecule has 0 radical (unpaired) electrons. The first-order chi connectivity index (χ1) is 9.66. The topological polar surface area (TPSA) is 12.0 Å². The molecule has 0 heterocycles. The summed E-state index contributed by atoms with van der Waals surface area (Å²) >= 11 is 0. The first-order valence-electron chi connectivity index (χ1n) is 8.13. The minimum absolute atomic E-state index is 0.104. The second-order valence-corrected chi connectivity index (χ2v) is 6.61. The van der Waals surface area contributed by atoms with Gasteiger partial charge in [-0.2, -0.15) is 0 Å². The lowest BCUT2D eigenvalue weighted by molar-refractivity contribution is 0.294. The molecule has 20 heavy (non-hydrogen) atoms. The number of nitrogens with one attached hydrogen (secondary N) is 1. The van der Waals surface area contributed by atoms with E-state index in [2.05, 4.69) is 25.2 Å². The summed E-state index contributed by atoms with van der Waals surface area (Å²) in [7, 11) is 0. The number of hydrogen-bond acceptors (Lipinski definition) is 1. The van der Waals surface area contributed by atoms with Crippen molar-refractivity contribution >= 4 is 0 Å². The second kappa shape index (κ2) is 7.78. The first-order valence-corrected chi connectivity index (χ1v) is 8.13. The summed E-state index contributed by atoms with van der Waals surface area (Å²) in [6, 6.07) is 7.22. The molecule has 1 saturated carbocycles. The lowest BCUT2D eigenvalue weighted by Gasteiger charge is -2.31. The molecule has 0 aromatic heterocycles. The molecule has 112 valence electrons. The molecule has 0 aliphatic heterocycles. The fraction of sp³-hybridized carbons (Fsp3) is 0.667. The third-order valence-electron chi connectivity index (χ3n) is 4.41. The van der Waals surface area contributed by atoms with Crippen molar-refractivity contribution in [3.8, 4) is 0 Å². The Kier molecular flexibility index (Phi) is 6.03. The summed E-state index contributed by atoms with van der Waals surface area (Å²) < 4.78 is 13.5. The molecule has 0 amide bonds. The van der Waals surface area contributed by atoms with Crippen molar-refractivity contribution in [3.05, 3.63) is 35.6 Å². The van der Waals surface area contributed by atoms with E-state index in [4.69, 9.17) is 0 Å². The summed E-state index contributed by atoms with van der Waals surface area (Å²) in [6.07, 6.45) is 6.63. The Bertz CT molecular complexity index is 396. The Morgan fingerprint density at radius 2 is 1.90 bits per heavy atom. The van der Waals surface area contributed by atoms with Crippen LogP contribution >= 0.6 is 0 Å². The zero-order valence-electron chi connectivity index (χ0n) is 12.9. The molecule has 1 aromatic carbocycles. The van der Waals surface area contributed by atoms with Crippen molar-refractivity contribution in [1.29, 1.82) is 0 Å². The minimum atomic E-state index is -0.104. The van der Waals surface area contributed by atoms with Crippen LogP contribution in [-0.2, 0) is 0 Å². The van der Waals surface area contributed by atoms with Crippen molar-refractivity contribution in [2.45, 2.75) is 51.9 Å². The maximum Gasteiger partial charge on any atom is 0.123 e. The van der Waals surface area contributed by atoms with Crippen molar-refractivity contribution in [2.24, 2.45) is 11.8 Å². The molecular weight excluding hydrogens is 249 g/mol. The fourth-order valence-electron chi connectivity index (χ4n) is 3.36. The predicted octanol–water partition coefficient (Wildman–Crippen LogP) is 4.74. The molecule has 1 aliphatic rings. The third kappa shape index (κ3) is 4.59. The monoisotopic (exact) mass is 277 g/mol. The molecule has 1 unspecified atom stereocenters. The van der Waals surface area contributed by atoms with Gasteiger partial charge in [0.15, 0.2) is 0 Å². The van der Waals surface area contributed by atoms with Crippen LogP contribution in [0.2, 0.25) is 0 Å². The Labute approximate surface area is 123 Å². The molecule has 0 saturated heterocycles. The molecule has 1 aromatic rings. The Morgan fingerprint density at radius 1 is 1.15 bits per heavy atom. The quantitative estimate of drug-likeness (QED) is 0.792. The zero-order chi connectivity index (χ0) is 14.4. The van der Waals surface area contributed by atoms with Crippen LogP contribution in [-0.4, -0.2) is 13.1 Å². The van der Waals surface area contributed by atoms with E-state index in [-0.39, 0.29) is 5.82 Å². The smallest absolute Gasteiger partial charge is 0.123 e. The molecule has 1 atom stereocenters. The molecule has 0 bridgehead atoms. The van der Waals surface area contributed by atoms with Crippen LogP contribution in [0.4, 0.5) is 4.39 Å². The van der Waals surface area contributed by atoms with Gasteiger partial charge < -0.3 is 5.32 Å². The number of hydrogen-bond donors (Lipinski definition) is 1. The van der Waals surface area contributed by atoms with Crippen molar-refractivity contribution in [3.63, 3.8) is 0 Å². The van der Waals surface area contributed by atoms with Gasteiger partial charge in [-0.05, 0) is 54.8 Å². The van der Waals surface area contributed by atoms with Gasteiger partial charge in [-0.3, -0.25) is 0 Å². The average Bonchev–Trinajstić information content (AvgIpc) is 2.44. The van der Waals surface area contributed by atoms with Gasteiger partial charge >= 0.3 is 0 Å². The van der Waals surface area contributed by atoms with Crippen LogP contribution < -0.4 is 5.32 Å². The second-order valence-electron chi connectivity index (χ2n) is 6.61. The van der Waals surface area contributed by atoms with Gasteiger partial charge in [-0.15, -0.1) is 0 Å². The highest BCUT2D eigenvalue weighted by Gasteiger charge is 2.25. The van der Waals surface area contributed by atoms with Crippen molar-refractivity contribution in [1.82, 2.24) is 5.32 Å². The van der Waals surface area contributed by atoms with Crippen LogP contribution in [0, 0.1) is 17.7 Å². The molecule has 2 heteroatoms. The minimum Gasteiger partial charge on any atom is -0.316 e. The normalized spacial score (nSPS) is 18.4. The summed E-state index contributed by atoms with van der Waals surface area (Å²) in [5.41, 5.74) is 1.17. The van der Waals surface area contributed by atoms with Crippen molar-refractivity contribution < 1.29 is 4.39 Å². The van der Waals surface area contributed by atoms with Gasteiger partial charge in [-0.25, -0.2) is 4.39 Å². The van der Waals surface area contributed by atoms with Crippen LogP contribution in [0.5, 0.6) is 0 Å². The van der Waals surface area contributed by atoms with E-state index in [0.717, 1.165) is 13.1 Å². The summed E-state index contributed by atoms with van der Waals surface area (Å²) in [5.74, 6) is 1.73. The molecule has 1 aliphatic carbocycles. The van der Waals surface area contributed by atoms with E-state index in [9.17, 15) is 4.39 Å². The van der Waals surface area contributed by atoms with Gasteiger partial charge in [0.1, 0.15) is 5.82 Å². The molecular formula is C18H28FN. The lowest BCUT2D eigenvalue weighted by Crippen LogP contribution is -2.30. The molecule has 1 nitrogen and oxygen atoms in total. The standard InChI is InChI=1S/C18H28FN/c1-14(2)12-20-13-18(15-7-4-3-5-8-15)16-9-6-10-17(19)11-16/h6,9-11,14-15,18,20H,3-5,7-8,12-13H2,1-2H3. The molecule has 0 spiro atoms. The lowest BCUT2D eigenvalue weighted by atomic mass is 9.76. The van der Waals surface area contributed by atoms with Gasteiger partial charge in [0.05, 0.1) is 0 Å². The summed E-state index contributed by atoms with van der Waals surface area (Å²) in [6.45, 7) is 6.47. The van der Waals surface area contributed by atoms with E-state index >= 15 is 0 Å². The van der Waals surface area contributed by atoms with E-state index in [1.165, 1.54) is 37.7 Å². The third-order valence-corrected chi connectivity index (χ3v) is 4.41. The highest BCUT2D eigenvalue weighted by molar-refractivity contribution is 5.22. The highest BCUT2D eigenvalue weighted by Crippen LogP contribution is 2.35. The van der Waals surface area contributed by atoms with Gasteiger partial charge in [-0.1, -0.05) is 45.2 Å². The molecule has 1 N–H and O–H groups in total. The van der Waals surface area contributed by atoms with E-state index in [1.807, 2.05) is 6.07 Å². The van der Waals surface area contributed by atoms with Gasteiger partial charge in [0, 0.05) is 6.54 Å². The number of halogens is 1. The van der Waals surface area contributed by atoms with Crippen LogP contribution in [0.1, 0.15) is 57.4 Å². The molecule has 2 rings (SSSR count). The average molecular weight is 277 g/mol. The van der Waals surface area contributed by atoms with Gasteiger partial charge in [0.2, 0.25) is 0 Å². The first kappa shape index (κ1) is 15.5. The van der Waals surface area contributed by atoms with Gasteiger partial charge in [0.25, 0.3) is 0 Å². The van der Waals surface area contributed by atoms with Crippen LogP contribution in [0.25, 0.3) is 0 Å². The Balaban J connectivity index is 2.06. The fourth-order valence-corrected chi connectivity index (χ4v) is 3.36. The summed E-state index contributed by atoms with van der Waals surface area (Å²) in [4.78, 5) is 0. The van der Waals surface area contributed by atoms with Crippen molar-refractivity contribution in [2.75, 3.05) is 13.1 Å². The number of rotatable bonds is 6. The predicted molar refractivity (Wildman–Crippen MR) is 83.4 cm³/mol. The van der Waals surface area contributed by atoms with E-state index in [1.54, 1.807) is 12.1 Å². The van der Waals surface area contributed by atoms with Crippen LogP contribution in [0.15, 0.2) is 24.3 Å².